The van der Waals surface area contributed by atoms with E-state index >= 15 is 0 Å². The maximum atomic E-state index is 8.25. The van der Waals surface area contributed by atoms with Gasteiger partial charge >= 0.3 is 23.7 Å². The van der Waals surface area contributed by atoms with Crippen molar-refractivity contribution in [2.75, 3.05) is 0 Å². The molecule has 0 rings (SSSR count). The molecule has 0 atom stereocenters. The van der Waals surface area contributed by atoms with Crippen molar-refractivity contribution in [2.24, 2.45) is 0 Å². The van der Waals surface area contributed by atoms with Gasteiger partial charge in [-0.3, -0.25) is 0 Å². The molecule has 0 aromatic rings. The van der Waals surface area contributed by atoms with E-state index in [1.807, 2.05) is 0 Å². The summed E-state index contributed by atoms with van der Waals surface area (Å²) in [5.41, 5.74) is 0. The third kappa shape index (κ3) is 1070. The second-order valence-electron chi connectivity index (χ2n) is 2.19. The third-order valence-electron chi connectivity index (χ3n) is 0. The zero-order valence-corrected chi connectivity index (χ0v) is 11.0. The Bertz CT molecular complexity index is 44.5. The molecule has 0 spiro atoms. The standard InChI is InChI=1S/2C3H8O.2ClH.O.Ti/c2*1-3(2)4;;;;/h2*3-4H,1-2H3;2*1H;;. The van der Waals surface area contributed by atoms with Crippen molar-refractivity contribution in [3.05, 3.63) is 0 Å². The second-order valence-corrected chi connectivity index (χ2v) is 2.19. The van der Waals surface area contributed by atoms with Gasteiger partial charge in [-0.15, -0.1) is 24.8 Å². The molecule has 2 N–H and O–H groups in total. The van der Waals surface area contributed by atoms with Crippen LogP contribution < -0.4 is 0 Å². The summed E-state index contributed by atoms with van der Waals surface area (Å²) in [5, 5.41) is 16.1. The van der Waals surface area contributed by atoms with Gasteiger partial charge in [-0.1, -0.05) is 0 Å². The van der Waals surface area contributed by atoms with Crippen molar-refractivity contribution < 1.29 is 33.9 Å². The molecule has 0 heterocycles. The van der Waals surface area contributed by atoms with Gasteiger partial charge in [0.25, 0.3) is 0 Å². The number of hydrogen-bond acceptors (Lipinski definition) is 3. The van der Waals surface area contributed by atoms with Gasteiger partial charge in [0.05, 0.1) is 0 Å². The van der Waals surface area contributed by atoms with Crippen LogP contribution >= 0.6 is 24.8 Å². The molecule has 0 amide bonds. The van der Waals surface area contributed by atoms with E-state index < -0.39 is 0 Å². The van der Waals surface area contributed by atoms with E-state index in [1.165, 1.54) is 0 Å². The first-order valence-electron chi connectivity index (χ1n) is 3.03. The topological polar surface area (TPSA) is 57.5 Å². The molecular formula is C6H18Cl2O3Ti. The average Bonchev–Trinajstić information content (AvgIpc) is 1.66. The number of halogens is 2. The summed E-state index contributed by atoms with van der Waals surface area (Å²) in [6, 6.07) is 0. The van der Waals surface area contributed by atoms with Gasteiger partial charge in [0, 0.05) is 12.2 Å². The Hall–Kier alpha value is 1.01. The molecule has 0 aromatic carbocycles. The molecule has 6 heteroatoms. The van der Waals surface area contributed by atoms with Crippen LogP contribution in [0.1, 0.15) is 27.7 Å². The van der Waals surface area contributed by atoms with Crippen LogP contribution in [0.15, 0.2) is 0 Å². The van der Waals surface area contributed by atoms with Crippen molar-refractivity contribution in [1.29, 1.82) is 0 Å². The Morgan fingerprint density at radius 3 is 0.833 bits per heavy atom. The third-order valence-corrected chi connectivity index (χ3v) is 0. The van der Waals surface area contributed by atoms with Crippen molar-refractivity contribution in [3.63, 3.8) is 0 Å². The van der Waals surface area contributed by atoms with Crippen LogP contribution in [0.5, 0.6) is 0 Å². The molecule has 0 aromatic heterocycles. The number of aliphatic hydroxyl groups excluding tert-OH is 2. The van der Waals surface area contributed by atoms with Crippen molar-refractivity contribution in [1.82, 2.24) is 0 Å². The molecule has 3 nitrogen and oxygen atoms in total. The molecule has 0 aliphatic carbocycles. The monoisotopic (exact) mass is 256 g/mol. The number of rotatable bonds is 0. The summed E-state index contributed by atoms with van der Waals surface area (Å²) in [6.07, 6.45) is -0.333. The van der Waals surface area contributed by atoms with E-state index in [2.05, 4.69) is 0 Å². The van der Waals surface area contributed by atoms with Crippen molar-refractivity contribution >= 4 is 24.8 Å². The molecule has 0 fully saturated rings. The fourth-order valence-electron chi connectivity index (χ4n) is 0. The van der Waals surface area contributed by atoms with E-state index in [0.717, 1.165) is 20.4 Å². The van der Waals surface area contributed by atoms with E-state index in [1.54, 1.807) is 27.7 Å². The fraction of sp³-hybridized carbons (Fsp3) is 1.00. The van der Waals surface area contributed by atoms with Gasteiger partial charge in [0.2, 0.25) is 0 Å². The van der Waals surface area contributed by atoms with Crippen LogP contribution in [0, 0.1) is 0 Å². The van der Waals surface area contributed by atoms with Crippen molar-refractivity contribution in [2.45, 2.75) is 39.9 Å². The predicted octanol–water partition coefficient (Wildman–Crippen LogP) is 1.50. The Labute approximate surface area is 98.5 Å². The molecular weight excluding hydrogens is 239 g/mol. The minimum atomic E-state index is -0.167. The maximum absolute atomic E-state index is 8.25. The first kappa shape index (κ1) is 29.2. The van der Waals surface area contributed by atoms with E-state index in [0.29, 0.717) is 0 Å². The summed E-state index contributed by atoms with van der Waals surface area (Å²) in [5.74, 6) is 0. The fourth-order valence-corrected chi connectivity index (χ4v) is 0. The molecule has 0 saturated carbocycles. The Morgan fingerprint density at radius 2 is 0.833 bits per heavy atom. The molecule has 0 aliphatic heterocycles. The molecule has 12 heavy (non-hydrogen) atoms. The number of hydrogen-bond donors (Lipinski definition) is 2. The van der Waals surface area contributed by atoms with Crippen LogP contribution in [-0.4, -0.2) is 22.4 Å². The normalized spacial score (nSPS) is 6.25. The van der Waals surface area contributed by atoms with Gasteiger partial charge < -0.3 is 10.2 Å². The van der Waals surface area contributed by atoms with E-state index in [9.17, 15) is 0 Å². The van der Waals surface area contributed by atoms with Gasteiger partial charge in [-0.25, -0.2) is 0 Å². The van der Waals surface area contributed by atoms with E-state index in [4.69, 9.17) is 13.5 Å². The summed E-state index contributed by atoms with van der Waals surface area (Å²) < 4.78 is 8.25. The molecule has 78 valence electrons. The Morgan fingerprint density at radius 1 is 0.833 bits per heavy atom. The zero-order chi connectivity index (χ0) is 9.15. The summed E-state index contributed by atoms with van der Waals surface area (Å²) in [7, 11) is 0. The Balaban J connectivity index is -0.0000000198. The van der Waals surface area contributed by atoms with Gasteiger partial charge in [-0.2, -0.15) is 0 Å². The van der Waals surface area contributed by atoms with Crippen molar-refractivity contribution in [3.8, 4) is 0 Å². The Kier molecular flexibility index (Phi) is 72.2. The first-order valence-corrected chi connectivity index (χ1v) is 3.67. The summed E-state index contributed by atoms with van der Waals surface area (Å²) in [6.45, 7) is 6.89. The zero-order valence-electron chi connectivity index (χ0n) is 7.77. The van der Waals surface area contributed by atoms with Gasteiger partial charge in [0.15, 0.2) is 0 Å². The molecule has 0 unspecified atom stereocenters. The molecule has 0 bridgehead atoms. The quantitative estimate of drug-likeness (QED) is 0.646. The molecule has 0 saturated heterocycles. The summed E-state index contributed by atoms with van der Waals surface area (Å²) >= 11 is 0.750. The van der Waals surface area contributed by atoms with Crippen LogP contribution in [0.25, 0.3) is 0 Å². The SMILES string of the molecule is CC(C)O.CC(C)O.Cl.Cl.[O]=[Ti]. The first-order chi connectivity index (χ1) is 4.46. The average molecular weight is 257 g/mol. The number of aliphatic hydroxyl groups is 2. The van der Waals surface area contributed by atoms with Gasteiger partial charge in [0.1, 0.15) is 0 Å². The van der Waals surface area contributed by atoms with Gasteiger partial charge in [-0.05, 0) is 27.7 Å². The molecule has 0 aliphatic rings. The van der Waals surface area contributed by atoms with Crippen LogP contribution in [0.4, 0.5) is 0 Å². The van der Waals surface area contributed by atoms with Crippen LogP contribution in [0.3, 0.4) is 0 Å². The predicted molar refractivity (Wildman–Crippen MR) is 49.9 cm³/mol. The minimum absolute atomic E-state index is 0. The summed E-state index contributed by atoms with van der Waals surface area (Å²) in [4.78, 5) is 0. The van der Waals surface area contributed by atoms with Crippen LogP contribution in [0.2, 0.25) is 0 Å². The van der Waals surface area contributed by atoms with E-state index in [-0.39, 0.29) is 37.0 Å². The molecule has 0 radical (unpaired) electrons. The second kappa shape index (κ2) is 29.6. The van der Waals surface area contributed by atoms with Crippen LogP contribution in [-0.2, 0) is 23.7 Å².